The third-order valence-electron chi connectivity index (χ3n) is 7.95. The summed E-state index contributed by atoms with van der Waals surface area (Å²) in [6, 6.07) is 17.9. The summed E-state index contributed by atoms with van der Waals surface area (Å²) < 4.78 is 120. The first-order chi connectivity index (χ1) is 22.0. The smallest absolute Gasteiger partial charge is 0.330 e. The van der Waals surface area contributed by atoms with Gasteiger partial charge in [0.1, 0.15) is 11.6 Å². The standard InChI is InChI=1S/C26H34N6.2CHF3O3S.Fe/c1-29(17-25-27-19-11-5-7-13-21(19)31(25)3)23-15-9-10-16-24(23)30(2)18-26-28-20-12-6-8-14-22(20)32(26)4;2*2-1(3,4)8(5,6)7;/h5-8,11-14,23-24H,9-10,15-18H2,1-4H3;2*(H,5,6,7);/t23-,24-;;;/m1.../s1. The van der Waals surface area contributed by atoms with Crippen LogP contribution in [0.15, 0.2) is 48.5 Å². The van der Waals surface area contributed by atoms with Gasteiger partial charge in [0.25, 0.3) is 0 Å². The molecule has 1 aliphatic rings. The molecule has 0 aliphatic heterocycles. The van der Waals surface area contributed by atoms with Gasteiger partial charge in [-0.05, 0) is 51.2 Å². The number of rotatable bonds is 6. The molecule has 4 aromatic rings. The number of likely N-dealkylation sites (N-methyl/N-ethyl adjacent to an activating group) is 2. The number of hydrogen-bond donors (Lipinski definition) is 2. The molecule has 0 unspecified atom stereocenters. The number of imidazole rings is 2. The zero-order chi connectivity index (χ0) is 36.2. The number of benzene rings is 2. The number of nitrogens with zero attached hydrogens (tertiary/aromatic N) is 6. The van der Waals surface area contributed by atoms with Crippen LogP contribution in [-0.4, -0.2) is 92.0 Å². The van der Waals surface area contributed by atoms with E-state index in [9.17, 15) is 26.3 Å². The molecule has 0 saturated heterocycles. The number of alkyl halides is 6. The van der Waals surface area contributed by atoms with Crippen LogP contribution in [0.4, 0.5) is 26.3 Å². The average molecular weight is 787 g/mol. The second kappa shape index (κ2) is 16.5. The van der Waals surface area contributed by atoms with Crippen molar-refractivity contribution in [1.29, 1.82) is 0 Å². The Morgan fingerprint density at radius 1 is 0.694 bits per heavy atom. The summed E-state index contributed by atoms with van der Waals surface area (Å²) in [5.41, 5.74) is -6.50. The molecule has 276 valence electrons. The Kier molecular flexibility index (Phi) is 14.3. The summed E-state index contributed by atoms with van der Waals surface area (Å²) in [4.78, 5) is 14.9. The minimum absolute atomic E-state index is 0. The van der Waals surface area contributed by atoms with Gasteiger partial charge in [0.2, 0.25) is 0 Å². The molecular formula is C28H36F6FeN6O6S2. The second-order valence-electron chi connectivity index (χ2n) is 11.2. The van der Waals surface area contributed by atoms with Crippen molar-refractivity contribution < 1.29 is 69.4 Å². The van der Waals surface area contributed by atoms with Gasteiger partial charge in [-0.1, -0.05) is 37.1 Å². The number of aromatic nitrogens is 4. The molecule has 0 radical (unpaired) electrons. The number of fused-ring (bicyclic) bond motifs is 2. The van der Waals surface area contributed by atoms with E-state index in [0.717, 1.165) is 35.8 Å². The van der Waals surface area contributed by atoms with Crippen molar-refractivity contribution in [3.63, 3.8) is 0 Å². The molecule has 2 aromatic carbocycles. The van der Waals surface area contributed by atoms with Crippen molar-refractivity contribution in [2.45, 2.75) is 61.9 Å². The van der Waals surface area contributed by atoms with Crippen molar-refractivity contribution in [3.8, 4) is 0 Å². The van der Waals surface area contributed by atoms with Crippen molar-refractivity contribution in [2.24, 2.45) is 14.1 Å². The third kappa shape index (κ3) is 10.9. The molecule has 0 spiro atoms. The molecule has 49 heavy (non-hydrogen) atoms. The van der Waals surface area contributed by atoms with Crippen LogP contribution in [0, 0.1) is 0 Å². The Hall–Kier alpha value is -2.78. The van der Waals surface area contributed by atoms with E-state index in [1.807, 2.05) is 0 Å². The molecule has 21 heteroatoms. The maximum absolute atomic E-state index is 10.7. The van der Waals surface area contributed by atoms with Crippen molar-refractivity contribution in [2.75, 3.05) is 14.1 Å². The number of halogens is 6. The Balaban J connectivity index is 0.000000410. The molecular weight excluding hydrogens is 750 g/mol. The summed E-state index contributed by atoms with van der Waals surface area (Å²) >= 11 is 0. The summed E-state index contributed by atoms with van der Waals surface area (Å²) in [6.07, 6.45) is 5.07. The van der Waals surface area contributed by atoms with Crippen LogP contribution in [-0.2, 0) is 64.5 Å². The molecule has 12 nitrogen and oxygen atoms in total. The minimum Gasteiger partial charge on any atom is -0.330 e. The van der Waals surface area contributed by atoms with Crippen molar-refractivity contribution >= 4 is 42.3 Å². The minimum atomic E-state index is -5.84. The van der Waals surface area contributed by atoms with E-state index in [1.165, 1.54) is 36.7 Å². The van der Waals surface area contributed by atoms with Crippen molar-refractivity contribution in [3.05, 3.63) is 60.2 Å². The maximum atomic E-state index is 10.7. The molecule has 1 saturated carbocycles. The summed E-state index contributed by atoms with van der Waals surface area (Å²) in [6.45, 7) is 1.74. The first-order valence-corrected chi connectivity index (χ1v) is 17.2. The van der Waals surface area contributed by atoms with Gasteiger partial charge in [-0.15, -0.1) is 0 Å². The Morgan fingerprint density at radius 2 is 0.980 bits per heavy atom. The van der Waals surface area contributed by atoms with Gasteiger partial charge in [-0.2, -0.15) is 43.2 Å². The van der Waals surface area contributed by atoms with Gasteiger partial charge in [0.15, 0.2) is 0 Å². The van der Waals surface area contributed by atoms with Gasteiger partial charge in [0.05, 0.1) is 35.2 Å². The number of hydrogen-bond acceptors (Lipinski definition) is 8. The van der Waals surface area contributed by atoms with Crippen molar-refractivity contribution in [1.82, 2.24) is 28.9 Å². The molecule has 0 bridgehead atoms. The SMILES string of the molecule is CN(Cc1nc2ccccc2n1C)[C@@H]1CCCC[C@H]1N(C)Cc1nc2ccccc2n1C.O=S(=O)(O)C(F)(F)F.O=S(=O)(O)C(F)(F)F.[Fe]. The van der Waals surface area contributed by atoms with E-state index in [-0.39, 0.29) is 17.1 Å². The van der Waals surface area contributed by atoms with Crippen LogP contribution in [0.5, 0.6) is 0 Å². The van der Waals surface area contributed by atoms with E-state index in [2.05, 4.69) is 95.7 Å². The molecule has 2 N–H and O–H groups in total. The molecule has 1 fully saturated rings. The van der Waals surface area contributed by atoms with E-state index >= 15 is 0 Å². The average Bonchev–Trinajstić information content (AvgIpc) is 3.47. The fraction of sp³-hybridized carbons (Fsp3) is 0.500. The van der Waals surface area contributed by atoms with Gasteiger partial charge < -0.3 is 9.13 Å². The van der Waals surface area contributed by atoms with E-state index < -0.39 is 31.3 Å². The van der Waals surface area contributed by atoms with Crippen LogP contribution < -0.4 is 0 Å². The zero-order valence-corrected chi connectivity index (χ0v) is 29.4. The first kappa shape index (κ1) is 42.4. The van der Waals surface area contributed by atoms with Crippen LogP contribution >= 0.6 is 0 Å². The van der Waals surface area contributed by atoms with E-state index in [0.29, 0.717) is 12.1 Å². The zero-order valence-electron chi connectivity index (χ0n) is 26.7. The second-order valence-corrected chi connectivity index (χ2v) is 14.1. The van der Waals surface area contributed by atoms with Crippen LogP contribution in [0.3, 0.4) is 0 Å². The largest absolute Gasteiger partial charge is 0.522 e. The fourth-order valence-corrected chi connectivity index (χ4v) is 5.47. The predicted octanol–water partition coefficient (Wildman–Crippen LogP) is 5.12. The normalized spacial score (nSPS) is 17.3. The van der Waals surface area contributed by atoms with Gasteiger partial charge >= 0.3 is 31.3 Å². The Bertz CT molecular complexity index is 1780. The third-order valence-corrected chi connectivity index (χ3v) is 9.12. The van der Waals surface area contributed by atoms with Gasteiger partial charge in [-0.3, -0.25) is 18.9 Å². The number of para-hydroxylation sites is 4. The van der Waals surface area contributed by atoms with E-state index in [4.69, 9.17) is 35.9 Å². The topological polar surface area (TPSA) is 151 Å². The van der Waals surface area contributed by atoms with Gasteiger partial charge in [-0.25, -0.2) is 9.97 Å². The fourth-order valence-electron chi connectivity index (χ4n) is 5.47. The van der Waals surface area contributed by atoms with E-state index in [1.54, 1.807) is 0 Å². The quantitative estimate of drug-likeness (QED) is 0.117. The summed E-state index contributed by atoms with van der Waals surface area (Å²) in [5.74, 6) is 2.27. The molecule has 2 heterocycles. The molecule has 2 atom stereocenters. The van der Waals surface area contributed by atoms with Crippen LogP contribution in [0.25, 0.3) is 22.1 Å². The Morgan fingerprint density at radius 3 is 1.24 bits per heavy atom. The number of aryl methyl sites for hydroxylation is 2. The molecule has 1 aliphatic carbocycles. The summed E-state index contributed by atoms with van der Waals surface area (Å²) in [7, 11) is -2.88. The Labute approximate surface area is 290 Å². The maximum Gasteiger partial charge on any atom is 0.522 e. The monoisotopic (exact) mass is 786 g/mol. The molecule has 5 rings (SSSR count). The van der Waals surface area contributed by atoms with Crippen LogP contribution in [0.2, 0.25) is 0 Å². The molecule has 2 aromatic heterocycles. The molecule has 0 amide bonds. The predicted molar refractivity (Wildman–Crippen MR) is 166 cm³/mol. The van der Waals surface area contributed by atoms with Crippen LogP contribution in [0.1, 0.15) is 37.3 Å². The first-order valence-electron chi connectivity index (χ1n) is 14.3. The summed E-state index contributed by atoms with van der Waals surface area (Å²) in [5, 5.41) is 0. The van der Waals surface area contributed by atoms with Gasteiger partial charge in [0, 0.05) is 43.2 Å².